The lowest BCUT2D eigenvalue weighted by atomic mass is 10.3. The van der Waals surface area contributed by atoms with Gasteiger partial charge in [0, 0.05) is 19.1 Å². The fourth-order valence-electron chi connectivity index (χ4n) is 1.80. The Balaban J connectivity index is 0.000000280. The molecule has 0 amide bonds. The molecule has 2 aromatic carbocycles. The Hall–Kier alpha value is -3.54. The lowest BCUT2D eigenvalue weighted by Crippen LogP contribution is -2.19. The van der Waals surface area contributed by atoms with Gasteiger partial charge in [0.2, 0.25) is 6.29 Å². The standard InChI is InChI=1S/2C11H12O3/c1-3-11(12)14-9(2)13-10-7-5-4-6-8-10;1-2-11(12)14-9-8-13-10-6-4-3-5-7-10/h3-9H,1H2,2H3;2-7H,1,8-9H2. The third-order valence-electron chi connectivity index (χ3n) is 3.00. The number of carbonyl (C=O) groups is 2. The van der Waals surface area contributed by atoms with E-state index in [1.807, 2.05) is 48.5 Å². The molecule has 28 heavy (non-hydrogen) atoms. The molecule has 0 fully saturated rings. The molecule has 1 atom stereocenters. The van der Waals surface area contributed by atoms with Gasteiger partial charge in [-0.2, -0.15) is 0 Å². The van der Waals surface area contributed by atoms with Crippen LogP contribution in [0.2, 0.25) is 0 Å². The number of benzene rings is 2. The van der Waals surface area contributed by atoms with Crippen molar-refractivity contribution in [2.75, 3.05) is 13.2 Å². The summed E-state index contributed by atoms with van der Waals surface area (Å²) in [5.41, 5.74) is 0. The molecule has 0 spiro atoms. The van der Waals surface area contributed by atoms with Gasteiger partial charge in [0.15, 0.2) is 0 Å². The highest BCUT2D eigenvalue weighted by Crippen LogP contribution is 2.11. The zero-order chi connectivity index (χ0) is 20.6. The van der Waals surface area contributed by atoms with Crippen LogP contribution >= 0.6 is 0 Å². The molecule has 2 rings (SSSR count). The van der Waals surface area contributed by atoms with Crippen LogP contribution in [0.25, 0.3) is 0 Å². The molecule has 0 N–H and O–H groups in total. The van der Waals surface area contributed by atoms with Crippen molar-refractivity contribution < 1.29 is 28.5 Å². The molecule has 0 bridgehead atoms. The van der Waals surface area contributed by atoms with Crippen LogP contribution in [0.4, 0.5) is 0 Å². The van der Waals surface area contributed by atoms with Crippen molar-refractivity contribution in [1.82, 2.24) is 0 Å². The van der Waals surface area contributed by atoms with Gasteiger partial charge in [0.1, 0.15) is 24.7 Å². The minimum atomic E-state index is -0.608. The van der Waals surface area contributed by atoms with Gasteiger partial charge in [0.05, 0.1) is 0 Å². The molecule has 0 aliphatic carbocycles. The fourth-order valence-corrected chi connectivity index (χ4v) is 1.80. The van der Waals surface area contributed by atoms with E-state index < -0.39 is 18.2 Å². The summed E-state index contributed by atoms with van der Waals surface area (Å²) in [6.45, 7) is 8.81. The minimum absolute atomic E-state index is 0.236. The van der Waals surface area contributed by atoms with E-state index in [2.05, 4.69) is 13.2 Å². The Kier molecular flexibility index (Phi) is 11.0. The molecule has 0 aromatic heterocycles. The molecular formula is C22H24O6. The summed E-state index contributed by atoms with van der Waals surface area (Å²) in [6, 6.07) is 18.5. The van der Waals surface area contributed by atoms with Crippen molar-refractivity contribution in [2.24, 2.45) is 0 Å². The molecule has 148 valence electrons. The zero-order valence-corrected chi connectivity index (χ0v) is 15.8. The van der Waals surface area contributed by atoms with Crippen molar-refractivity contribution in [3.8, 4) is 11.5 Å². The molecule has 0 saturated heterocycles. The molecule has 0 heterocycles. The first kappa shape index (κ1) is 22.5. The second-order valence-corrected chi connectivity index (χ2v) is 5.17. The van der Waals surface area contributed by atoms with Crippen molar-refractivity contribution in [1.29, 1.82) is 0 Å². The van der Waals surface area contributed by atoms with E-state index >= 15 is 0 Å². The summed E-state index contributed by atoms with van der Waals surface area (Å²) in [5, 5.41) is 0. The summed E-state index contributed by atoms with van der Waals surface area (Å²) in [4.78, 5) is 21.4. The first-order valence-electron chi connectivity index (χ1n) is 8.57. The molecule has 6 heteroatoms. The monoisotopic (exact) mass is 384 g/mol. The third kappa shape index (κ3) is 10.5. The van der Waals surface area contributed by atoms with Gasteiger partial charge in [-0.3, -0.25) is 0 Å². The Morgan fingerprint density at radius 2 is 1.39 bits per heavy atom. The van der Waals surface area contributed by atoms with Crippen molar-refractivity contribution in [3.05, 3.63) is 86.0 Å². The molecule has 1 unspecified atom stereocenters. The first-order chi connectivity index (χ1) is 13.5. The predicted octanol–water partition coefficient (Wildman–Crippen LogP) is 3.94. The topological polar surface area (TPSA) is 71.1 Å². The Morgan fingerprint density at radius 3 is 1.93 bits per heavy atom. The average molecular weight is 384 g/mol. The number of hydrogen-bond acceptors (Lipinski definition) is 6. The van der Waals surface area contributed by atoms with Gasteiger partial charge >= 0.3 is 11.9 Å². The van der Waals surface area contributed by atoms with E-state index in [-0.39, 0.29) is 6.61 Å². The number of rotatable bonds is 9. The van der Waals surface area contributed by atoms with Gasteiger partial charge in [0.25, 0.3) is 0 Å². The molecular weight excluding hydrogens is 360 g/mol. The summed E-state index contributed by atoms with van der Waals surface area (Å²) in [5.74, 6) is 0.508. The maximum atomic E-state index is 10.8. The summed E-state index contributed by atoms with van der Waals surface area (Å²) >= 11 is 0. The van der Waals surface area contributed by atoms with Crippen LogP contribution in [0, 0.1) is 0 Å². The number of ether oxygens (including phenoxy) is 4. The van der Waals surface area contributed by atoms with Crippen LogP contribution < -0.4 is 9.47 Å². The van der Waals surface area contributed by atoms with Crippen LogP contribution in [0.5, 0.6) is 11.5 Å². The Bertz CT molecular complexity index is 727. The Morgan fingerprint density at radius 1 is 0.857 bits per heavy atom. The SMILES string of the molecule is C=CC(=O)OC(C)Oc1ccccc1.C=CC(=O)OCCOc1ccccc1. The van der Waals surface area contributed by atoms with Crippen molar-refractivity contribution >= 4 is 11.9 Å². The maximum Gasteiger partial charge on any atom is 0.333 e. The maximum absolute atomic E-state index is 10.8. The normalized spacial score (nSPS) is 10.3. The van der Waals surface area contributed by atoms with E-state index in [1.165, 1.54) is 0 Å². The molecule has 2 aromatic rings. The molecule has 0 aliphatic rings. The second kappa shape index (κ2) is 13.6. The summed E-state index contributed by atoms with van der Waals surface area (Å²) in [7, 11) is 0. The third-order valence-corrected chi connectivity index (χ3v) is 3.00. The predicted molar refractivity (Wildman–Crippen MR) is 106 cm³/mol. The molecule has 0 radical (unpaired) electrons. The van der Waals surface area contributed by atoms with Gasteiger partial charge < -0.3 is 18.9 Å². The van der Waals surface area contributed by atoms with Gasteiger partial charge in [-0.05, 0) is 24.3 Å². The highest BCUT2D eigenvalue weighted by Gasteiger charge is 2.06. The largest absolute Gasteiger partial charge is 0.490 e. The van der Waals surface area contributed by atoms with Gasteiger partial charge in [-0.1, -0.05) is 49.6 Å². The van der Waals surface area contributed by atoms with Crippen LogP contribution in [-0.2, 0) is 19.1 Å². The van der Waals surface area contributed by atoms with E-state index in [1.54, 1.807) is 19.1 Å². The van der Waals surface area contributed by atoms with Crippen molar-refractivity contribution in [3.63, 3.8) is 0 Å². The molecule has 0 saturated carbocycles. The quantitative estimate of drug-likeness (QED) is 0.282. The Labute approximate surface area is 165 Å². The zero-order valence-electron chi connectivity index (χ0n) is 15.8. The van der Waals surface area contributed by atoms with Crippen LogP contribution in [0.15, 0.2) is 86.0 Å². The average Bonchev–Trinajstić information content (AvgIpc) is 2.72. The highest BCUT2D eigenvalue weighted by atomic mass is 16.7. The number of esters is 2. The highest BCUT2D eigenvalue weighted by molar-refractivity contribution is 5.81. The van der Waals surface area contributed by atoms with Crippen LogP contribution in [-0.4, -0.2) is 31.4 Å². The van der Waals surface area contributed by atoms with E-state index in [4.69, 9.17) is 18.9 Å². The molecule has 0 aliphatic heterocycles. The van der Waals surface area contributed by atoms with Crippen molar-refractivity contribution in [2.45, 2.75) is 13.2 Å². The minimum Gasteiger partial charge on any atom is -0.490 e. The number of carbonyl (C=O) groups excluding carboxylic acids is 2. The van der Waals surface area contributed by atoms with E-state index in [0.717, 1.165) is 17.9 Å². The second-order valence-electron chi connectivity index (χ2n) is 5.17. The number of para-hydroxylation sites is 2. The lowest BCUT2D eigenvalue weighted by Gasteiger charge is -2.13. The smallest absolute Gasteiger partial charge is 0.333 e. The molecule has 6 nitrogen and oxygen atoms in total. The van der Waals surface area contributed by atoms with Crippen LogP contribution in [0.1, 0.15) is 6.92 Å². The first-order valence-corrected chi connectivity index (χ1v) is 8.57. The van der Waals surface area contributed by atoms with Gasteiger partial charge in [-0.15, -0.1) is 0 Å². The van der Waals surface area contributed by atoms with Gasteiger partial charge in [-0.25, -0.2) is 9.59 Å². The van der Waals surface area contributed by atoms with E-state index in [0.29, 0.717) is 12.4 Å². The van der Waals surface area contributed by atoms with Crippen LogP contribution in [0.3, 0.4) is 0 Å². The summed E-state index contributed by atoms with van der Waals surface area (Å²) in [6.07, 6.45) is 1.62. The fraction of sp³-hybridized carbons (Fsp3) is 0.182. The summed E-state index contributed by atoms with van der Waals surface area (Å²) < 4.78 is 20.1. The lowest BCUT2D eigenvalue weighted by molar-refractivity contribution is -0.155. The number of hydrogen-bond donors (Lipinski definition) is 0. The van der Waals surface area contributed by atoms with E-state index in [9.17, 15) is 9.59 Å².